The number of hydrogen-bond acceptors (Lipinski definition) is 3. The molecule has 0 bridgehead atoms. The monoisotopic (exact) mass is 352 g/mol. The summed E-state index contributed by atoms with van der Waals surface area (Å²) in [6.45, 7) is 11.5. The number of hydrogen-bond donors (Lipinski definition) is 2. The Bertz CT molecular complexity index is 399. The lowest BCUT2D eigenvalue weighted by Crippen LogP contribution is -2.44. The minimum Gasteiger partial charge on any atom is -0.385 e. The second-order valence-electron chi connectivity index (χ2n) is 8.13. The summed E-state index contributed by atoms with van der Waals surface area (Å²) in [5.74, 6) is 0.977. The third-order valence-corrected chi connectivity index (χ3v) is 5.76. The van der Waals surface area contributed by atoms with Crippen molar-refractivity contribution in [3.05, 3.63) is 0 Å². The summed E-state index contributed by atoms with van der Waals surface area (Å²) < 4.78 is 5.34. The zero-order chi connectivity index (χ0) is 18.1. The summed E-state index contributed by atoms with van der Waals surface area (Å²) in [6.07, 6.45) is 9.14. The van der Waals surface area contributed by atoms with E-state index in [0.29, 0.717) is 11.5 Å². The smallest absolute Gasteiger partial charge is 0.191 e. The topological polar surface area (TPSA) is 48.9 Å². The van der Waals surface area contributed by atoms with Gasteiger partial charge in [0.15, 0.2) is 5.96 Å². The van der Waals surface area contributed by atoms with E-state index in [9.17, 15) is 0 Å². The van der Waals surface area contributed by atoms with Crippen LogP contribution in [0.15, 0.2) is 4.99 Å². The second kappa shape index (κ2) is 10.4. The second-order valence-corrected chi connectivity index (χ2v) is 8.13. The quantitative estimate of drug-likeness (QED) is 0.443. The van der Waals surface area contributed by atoms with Gasteiger partial charge in [-0.05, 0) is 58.3 Å². The molecule has 0 aromatic heterocycles. The van der Waals surface area contributed by atoms with Crippen LogP contribution in [0.25, 0.3) is 0 Å². The molecule has 2 aliphatic carbocycles. The molecule has 5 heteroatoms. The van der Waals surface area contributed by atoms with Crippen molar-refractivity contribution in [1.29, 1.82) is 0 Å². The first-order valence-corrected chi connectivity index (χ1v) is 10.4. The molecular formula is C20H40N4O. The van der Waals surface area contributed by atoms with Gasteiger partial charge in [-0.1, -0.05) is 12.8 Å². The lowest BCUT2D eigenvalue weighted by molar-refractivity contribution is 0.141. The van der Waals surface area contributed by atoms with Crippen molar-refractivity contribution in [3.63, 3.8) is 0 Å². The fourth-order valence-corrected chi connectivity index (χ4v) is 4.09. The summed E-state index contributed by atoms with van der Waals surface area (Å²) in [5, 5.41) is 6.97. The van der Waals surface area contributed by atoms with Crippen LogP contribution in [-0.2, 0) is 4.74 Å². The Hall–Kier alpha value is -0.810. The van der Waals surface area contributed by atoms with E-state index in [1.807, 2.05) is 0 Å². The van der Waals surface area contributed by atoms with Crippen LogP contribution in [0, 0.1) is 5.41 Å². The van der Waals surface area contributed by atoms with E-state index in [-0.39, 0.29) is 0 Å². The highest BCUT2D eigenvalue weighted by Gasteiger charge is 2.33. The summed E-state index contributed by atoms with van der Waals surface area (Å²) in [7, 11) is 1.80. The van der Waals surface area contributed by atoms with Gasteiger partial charge < -0.3 is 15.4 Å². The van der Waals surface area contributed by atoms with Gasteiger partial charge in [0, 0.05) is 52.0 Å². The van der Waals surface area contributed by atoms with Crippen molar-refractivity contribution in [1.82, 2.24) is 15.5 Å². The number of guanidine groups is 1. The first-order chi connectivity index (χ1) is 12.1. The molecule has 2 saturated carbocycles. The molecule has 0 spiro atoms. The van der Waals surface area contributed by atoms with Crippen LogP contribution in [0.5, 0.6) is 0 Å². The normalized spacial score (nSPS) is 20.5. The maximum atomic E-state index is 5.34. The predicted octanol–water partition coefficient (Wildman–Crippen LogP) is 3.01. The van der Waals surface area contributed by atoms with Crippen LogP contribution in [0.3, 0.4) is 0 Å². The molecular weight excluding hydrogens is 312 g/mol. The summed E-state index contributed by atoms with van der Waals surface area (Å²) in [6, 6.07) is 1.45. The Morgan fingerprint density at radius 2 is 1.96 bits per heavy atom. The molecule has 0 aromatic carbocycles. The molecule has 0 saturated heterocycles. The highest BCUT2D eigenvalue weighted by atomic mass is 16.5. The lowest BCUT2D eigenvalue weighted by atomic mass is 9.83. The van der Waals surface area contributed by atoms with Crippen molar-refractivity contribution in [2.75, 3.05) is 39.9 Å². The summed E-state index contributed by atoms with van der Waals surface area (Å²) >= 11 is 0. The first kappa shape index (κ1) is 20.5. The van der Waals surface area contributed by atoms with E-state index in [4.69, 9.17) is 9.73 Å². The van der Waals surface area contributed by atoms with Gasteiger partial charge in [0.1, 0.15) is 0 Å². The Morgan fingerprint density at radius 1 is 1.24 bits per heavy atom. The van der Waals surface area contributed by atoms with Crippen molar-refractivity contribution in [3.8, 4) is 0 Å². The number of methoxy groups -OCH3 is 1. The minimum atomic E-state index is 0.357. The van der Waals surface area contributed by atoms with E-state index in [2.05, 4.69) is 36.3 Å². The van der Waals surface area contributed by atoms with Gasteiger partial charge in [0.25, 0.3) is 0 Å². The highest BCUT2D eigenvalue weighted by molar-refractivity contribution is 5.79. The Balaban J connectivity index is 1.84. The highest BCUT2D eigenvalue weighted by Crippen LogP contribution is 2.41. The average molecular weight is 353 g/mol. The van der Waals surface area contributed by atoms with Crippen LogP contribution in [0.1, 0.15) is 65.7 Å². The van der Waals surface area contributed by atoms with Crippen LogP contribution in [0.2, 0.25) is 0 Å². The Kier molecular flexibility index (Phi) is 8.50. The van der Waals surface area contributed by atoms with Gasteiger partial charge in [0.2, 0.25) is 0 Å². The summed E-state index contributed by atoms with van der Waals surface area (Å²) in [5.41, 5.74) is 0.357. The minimum absolute atomic E-state index is 0.357. The van der Waals surface area contributed by atoms with Crippen LogP contribution in [0.4, 0.5) is 0 Å². The number of rotatable bonds is 11. The zero-order valence-electron chi connectivity index (χ0n) is 16.9. The molecule has 0 unspecified atom stereocenters. The fraction of sp³-hybridized carbons (Fsp3) is 0.950. The molecule has 146 valence electrons. The molecule has 0 amide bonds. The third kappa shape index (κ3) is 6.78. The molecule has 0 aromatic rings. The molecule has 2 fully saturated rings. The van der Waals surface area contributed by atoms with Gasteiger partial charge in [-0.3, -0.25) is 9.89 Å². The van der Waals surface area contributed by atoms with E-state index < -0.39 is 0 Å². The van der Waals surface area contributed by atoms with Gasteiger partial charge in [-0.2, -0.15) is 0 Å². The van der Waals surface area contributed by atoms with E-state index in [1.165, 1.54) is 38.5 Å². The van der Waals surface area contributed by atoms with Crippen molar-refractivity contribution >= 4 is 5.96 Å². The number of nitrogens with zero attached hydrogens (tertiary/aromatic N) is 2. The van der Waals surface area contributed by atoms with Gasteiger partial charge >= 0.3 is 0 Å². The number of ether oxygens (including phenoxy) is 1. The Morgan fingerprint density at radius 3 is 2.52 bits per heavy atom. The standard InChI is InChI=1S/C20H40N4O/c1-5-21-19(22-13-14-24(17(2)3)18-8-9-18)23-16-20(12-15-25-4)10-6-7-11-20/h17-18H,5-16H2,1-4H3,(H2,21,22,23). The molecule has 25 heavy (non-hydrogen) atoms. The lowest BCUT2D eigenvalue weighted by Gasteiger charge is -2.28. The molecule has 2 N–H and O–H groups in total. The Labute approximate surface area is 155 Å². The maximum Gasteiger partial charge on any atom is 0.191 e. The van der Waals surface area contributed by atoms with Crippen LogP contribution in [-0.4, -0.2) is 62.8 Å². The van der Waals surface area contributed by atoms with Gasteiger partial charge in [-0.15, -0.1) is 0 Å². The van der Waals surface area contributed by atoms with Gasteiger partial charge in [0.05, 0.1) is 0 Å². The fourth-order valence-electron chi connectivity index (χ4n) is 4.09. The van der Waals surface area contributed by atoms with Crippen molar-refractivity contribution in [2.24, 2.45) is 10.4 Å². The number of nitrogens with one attached hydrogen (secondary N) is 2. The largest absolute Gasteiger partial charge is 0.385 e. The molecule has 0 aliphatic heterocycles. The molecule has 5 nitrogen and oxygen atoms in total. The number of aliphatic imine (C=N–C) groups is 1. The molecule has 2 rings (SSSR count). The van der Waals surface area contributed by atoms with Gasteiger partial charge in [-0.25, -0.2) is 0 Å². The van der Waals surface area contributed by atoms with Crippen LogP contribution >= 0.6 is 0 Å². The maximum absolute atomic E-state index is 5.34. The zero-order valence-corrected chi connectivity index (χ0v) is 16.9. The third-order valence-electron chi connectivity index (χ3n) is 5.76. The molecule has 0 atom stereocenters. The SMILES string of the molecule is CCNC(=NCC1(CCOC)CCCC1)NCCN(C(C)C)C1CC1. The van der Waals surface area contributed by atoms with Crippen molar-refractivity contribution < 1.29 is 4.74 Å². The average Bonchev–Trinajstić information content (AvgIpc) is 3.32. The first-order valence-electron chi connectivity index (χ1n) is 10.4. The van der Waals surface area contributed by atoms with E-state index in [0.717, 1.165) is 51.2 Å². The van der Waals surface area contributed by atoms with E-state index in [1.54, 1.807) is 7.11 Å². The molecule has 2 aliphatic rings. The predicted molar refractivity (Wildman–Crippen MR) is 106 cm³/mol. The van der Waals surface area contributed by atoms with E-state index >= 15 is 0 Å². The van der Waals surface area contributed by atoms with Crippen molar-refractivity contribution in [2.45, 2.75) is 77.8 Å². The van der Waals surface area contributed by atoms with Crippen LogP contribution < -0.4 is 10.6 Å². The molecule has 0 radical (unpaired) electrons. The molecule has 0 heterocycles. The summed E-state index contributed by atoms with van der Waals surface area (Å²) in [4.78, 5) is 7.56.